The number of anilines is 1. The number of nitrogens with zero attached hydrogens (tertiary/aromatic N) is 2. The molecule has 5 nitrogen and oxygen atoms in total. The third-order valence-corrected chi connectivity index (χ3v) is 7.21. The molecule has 2 fully saturated rings. The molecular weight excluding hydrogens is 370 g/mol. The van der Waals surface area contributed by atoms with Gasteiger partial charge in [-0.05, 0) is 43.5 Å². The normalized spacial score (nSPS) is 18.3. The molecule has 0 atom stereocenters. The van der Waals surface area contributed by atoms with E-state index in [1.807, 2.05) is 83.1 Å². The first-order valence-corrected chi connectivity index (χ1v) is 10.7. The summed E-state index contributed by atoms with van der Waals surface area (Å²) >= 11 is 1.87. The van der Waals surface area contributed by atoms with Crippen LogP contribution >= 0.6 is 11.8 Å². The minimum atomic E-state index is -0.192. The number of hydrogen-bond donors (Lipinski definition) is 1. The Morgan fingerprint density at radius 2 is 1.64 bits per heavy atom. The third-order valence-electron chi connectivity index (χ3n) is 5.66. The van der Waals surface area contributed by atoms with Crippen molar-refractivity contribution in [2.75, 3.05) is 30.7 Å². The van der Waals surface area contributed by atoms with E-state index in [1.165, 1.54) is 0 Å². The van der Waals surface area contributed by atoms with E-state index in [1.54, 1.807) is 0 Å². The Labute approximate surface area is 170 Å². The first-order chi connectivity index (χ1) is 13.6. The van der Waals surface area contributed by atoms with Crippen molar-refractivity contribution < 1.29 is 9.59 Å². The zero-order valence-corrected chi connectivity index (χ0v) is 16.9. The minimum absolute atomic E-state index is 0.0687. The molecule has 28 heavy (non-hydrogen) atoms. The fraction of sp³-hybridized carbons (Fsp3) is 0.364. The summed E-state index contributed by atoms with van der Waals surface area (Å²) in [5.74, 6) is 1.07. The van der Waals surface area contributed by atoms with E-state index in [9.17, 15) is 9.59 Å². The highest BCUT2D eigenvalue weighted by Crippen LogP contribution is 2.44. The van der Waals surface area contributed by atoms with Crippen molar-refractivity contribution in [3.8, 4) is 0 Å². The Bertz CT molecular complexity index is 863. The molecule has 1 spiro atoms. The van der Waals surface area contributed by atoms with E-state index in [0.29, 0.717) is 13.1 Å². The Kier molecular flexibility index (Phi) is 5.31. The van der Waals surface area contributed by atoms with Gasteiger partial charge < -0.3 is 15.1 Å². The van der Waals surface area contributed by atoms with Crippen molar-refractivity contribution in [2.24, 2.45) is 0 Å². The highest BCUT2D eigenvalue weighted by molar-refractivity contribution is 8.00. The van der Waals surface area contributed by atoms with Crippen LogP contribution in [0.2, 0.25) is 0 Å². The van der Waals surface area contributed by atoms with Gasteiger partial charge in [-0.15, -0.1) is 11.8 Å². The second kappa shape index (κ2) is 7.87. The molecule has 146 valence electrons. The van der Waals surface area contributed by atoms with Gasteiger partial charge in [0.05, 0.1) is 4.87 Å². The molecular formula is C22H25N3O2S. The molecule has 2 aliphatic heterocycles. The maximum atomic E-state index is 13.2. The highest BCUT2D eigenvalue weighted by Gasteiger charge is 2.47. The van der Waals surface area contributed by atoms with Crippen LogP contribution in [0.3, 0.4) is 0 Å². The number of hydrogen-bond acceptors (Lipinski definition) is 3. The van der Waals surface area contributed by atoms with Crippen molar-refractivity contribution in [2.45, 2.75) is 24.6 Å². The number of piperidine rings is 1. The predicted molar refractivity (Wildman–Crippen MR) is 114 cm³/mol. The van der Waals surface area contributed by atoms with E-state index >= 15 is 0 Å². The SMILES string of the molecule is Cc1ccccc1C(=O)N1CCSC12CCN(C(=O)Nc1ccccc1)CC2. The molecule has 0 unspecified atom stereocenters. The number of thioether (sulfide) groups is 1. The van der Waals surface area contributed by atoms with Crippen LogP contribution in [0.25, 0.3) is 0 Å². The smallest absolute Gasteiger partial charge is 0.321 e. The summed E-state index contributed by atoms with van der Waals surface area (Å²) in [5, 5.41) is 2.96. The Balaban J connectivity index is 1.43. The summed E-state index contributed by atoms with van der Waals surface area (Å²) in [6.07, 6.45) is 1.61. The first-order valence-electron chi connectivity index (χ1n) is 9.72. The standard InChI is InChI=1S/C22H25N3O2S/c1-17-7-5-6-10-19(17)20(26)25-15-16-28-22(25)11-13-24(14-12-22)21(27)23-18-8-3-2-4-9-18/h2-10H,11-16H2,1H3,(H,23,27). The first kappa shape index (κ1) is 18.9. The summed E-state index contributed by atoms with van der Waals surface area (Å²) in [6.45, 7) is 4.07. The summed E-state index contributed by atoms with van der Waals surface area (Å²) in [7, 11) is 0. The zero-order valence-electron chi connectivity index (χ0n) is 16.1. The van der Waals surface area contributed by atoms with Crippen LogP contribution in [0.5, 0.6) is 0 Å². The van der Waals surface area contributed by atoms with Crippen LogP contribution in [0.15, 0.2) is 54.6 Å². The summed E-state index contributed by atoms with van der Waals surface area (Å²) in [6, 6.07) is 17.2. The molecule has 2 saturated heterocycles. The van der Waals surface area contributed by atoms with Gasteiger partial charge in [0.25, 0.3) is 5.91 Å². The molecule has 2 aromatic carbocycles. The molecule has 0 radical (unpaired) electrons. The van der Waals surface area contributed by atoms with Crippen molar-refractivity contribution in [1.82, 2.24) is 9.80 Å². The number of carbonyl (C=O) groups excluding carboxylic acids is 2. The number of likely N-dealkylation sites (tertiary alicyclic amines) is 1. The number of para-hydroxylation sites is 1. The molecule has 0 aliphatic carbocycles. The number of nitrogens with one attached hydrogen (secondary N) is 1. The number of amides is 3. The lowest BCUT2D eigenvalue weighted by molar-refractivity contribution is 0.0585. The second-order valence-corrected chi connectivity index (χ2v) is 8.81. The van der Waals surface area contributed by atoms with Crippen LogP contribution in [0, 0.1) is 6.92 Å². The van der Waals surface area contributed by atoms with Gasteiger partial charge in [-0.2, -0.15) is 0 Å². The molecule has 0 saturated carbocycles. The maximum absolute atomic E-state index is 13.2. The summed E-state index contributed by atoms with van der Waals surface area (Å²) < 4.78 is 0. The molecule has 6 heteroatoms. The van der Waals surface area contributed by atoms with Gasteiger partial charge >= 0.3 is 6.03 Å². The van der Waals surface area contributed by atoms with E-state index in [4.69, 9.17) is 0 Å². The second-order valence-electron chi connectivity index (χ2n) is 7.35. The van der Waals surface area contributed by atoms with Gasteiger partial charge in [0.15, 0.2) is 0 Å². The van der Waals surface area contributed by atoms with Crippen LogP contribution in [0.1, 0.15) is 28.8 Å². The van der Waals surface area contributed by atoms with Crippen molar-refractivity contribution >= 4 is 29.4 Å². The molecule has 0 bridgehead atoms. The lowest BCUT2D eigenvalue weighted by atomic mass is 10.00. The number of aryl methyl sites for hydroxylation is 1. The van der Waals surface area contributed by atoms with Crippen LogP contribution < -0.4 is 5.32 Å². The zero-order chi connectivity index (χ0) is 19.6. The van der Waals surface area contributed by atoms with Gasteiger partial charge in [-0.25, -0.2) is 4.79 Å². The number of urea groups is 1. The minimum Gasteiger partial charge on any atom is -0.324 e. The molecule has 2 aliphatic rings. The number of rotatable bonds is 2. The van der Waals surface area contributed by atoms with Gasteiger partial charge in [0, 0.05) is 36.6 Å². The topological polar surface area (TPSA) is 52.7 Å². The van der Waals surface area contributed by atoms with Crippen LogP contribution in [-0.2, 0) is 0 Å². The lowest BCUT2D eigenvalue weighted by Gasteiger charge is -2.44. The fourth-order valence-corrected chi connectivity index (χ4v) is 5.51. The van der Waals surface area contributed by atoms with Crippen LogP contribution in [-0.4, -0.2) is 52.0 Å². The molecule has 4 rings (SSSR count). The Morgan fingerprint density at radius 3 is 2.36 bits per heavy atom. The van der Waals surface area contributed by atoms with Gasteiger partial charge in [-0.1, -0.05) is 36.4 Å². The van der Waals surface area contributed by atoms with Gasteiger partial charge in [0.2, 0.25) is 0 Å². The molecule has 1 N–H and O–H groups in total. The average Bonchev–Trinajstić information content (AvgIpc) is 3.12. The number of benzene rings is 2. The van der Waals surface area contributed by atoms with Gasteiger partial charge in [0.1, 0.15) is 0 Å². The lowest BCUT2D eigenvalue weighted by Crippen LogP contribution is -2.54. The molecule has 3 amide bonds. The van der Waals surface area contributed by atoms with Crippen molar-refractivity contribution in [3.63, 3.8) is 0 Å². The Morgan fingerprint density at radius 1 is 0.964 bits per heavy atom. The highest BCUT2D eigenvalue weighted by atomic mass is 32.2. The maximum Gasteiger partial charge on any atom is 0.321 e. The summed E-state index contributed by atoms with van der Waals surface area (Å²) in [5.41, 5.74) is 2.60. The van der Waals surface area contributed by atoms with Crippen LogP contribution in [0.4, 0.5) is 10.5 Å². The van der Waals surface area contributed by atoms with Crippen molar-refractivity contribution in [3.05, 3.63) is 65.7 Å². The van der Waals surface area contributed by atoms with E-state index in [2.05, 4.69) is 5.32 Å². The van der Waals surface area contributed by atoms with E-state index in [0.717, 1.165) is 42.0 Å². The largest absolute Gasteiger partial charge is 0.324 e. The molecule has 2 aromatic rings. The number of carbonyl (C=O) groups is 2. The third kappa shape index (κ3) is 3.61. The summed E-state index contributed by atoms with van der Waals surface area (Å²) in [4.78, 5) is 29.5. The van der Waals surface area contributed by atoms with Gasteiger partial charge in [-0.3, -0.25) is 4.79 Å². The van der Waals surface area contributed by atoms with Crippen molar-refractivity contribution in [1.29, 1.82) is 0 Å². The van der Waals surface area contributed by atoms with E-state index < -0.39 is 0 Å². The quantitative estimate of drug-likeness (QED) is 0.829. The fourth-order valence-electron chi connectivity index (χ4n) is 4.05. The molecule has 2 heterocycles. The average molecular weight is 396 g/mol. The van der Waals surface area contributed by atoms with E-state index in [-0.39, 0.29) is 16.8 Å². The Hall–Kier alpha value is -2.47. The monoisotopic (exact) mass is 395 g/mol. The molecule has 0 aromatic heterocycles. The predicted octanol–water partition coefficient (Wildman–Crippen LogP) is 4.21.